The second kappa shape index (κ2) is 6.52. The molecule has 2 aromatic rings. The number of benzene rings is 2. The molecule has 0 spiro atoms. The molecule has 0 N–H and O–H groups in total. The van der Waals surface area contributed by atoms with Crippen LogP contribution >= 0.6 is 23.9 Å². The largest absolute Gasteiger partial charge is 0.0836 e. The van der Waals surface area contributed by atoms with Gasteiger partial charge in [0.2, 0.25) is 0 Å². The average Bonchev–Trinajstić information content (AvgIpc) is 2.52. The molecule has 3 rings (SSSR count). The third-order valence-corrected chi connectivity index (χ3v) is 6.34. The summed E-state index contributed by atoms with van der Waals surface area (Å²) in [7, 11) is -0.428. The molecular formula is C18H16BrP. The summed E-state index contributed by atoms with van der Waals surface area (Å²) in [5.41, 5.74) is 0. The molecule has 0 aliphatic heterocycles. The van der Waals surface area contributed by atoms with Crippen molar-refractivity contribution in [2.45, 2.75) is 12.8 Å². The lowest BCUT2D eigenvalue weighted by molar-refractivity contribution is 1.03. The van der Waals surface area contributed by atoms with E-state index in [0.29, 0.717) is 0 Å². The first-order valence-corrected chi connectivity index (χ1v) is 8.95. The predicted octanol–water partition coefficient (Wildman–Crippen LogP) is 5.12. The van der Waals surface area contributed by atoms with E-state index >= 15 is 0 Å². The number of hydrogen-bond donors (Lipinski definition) is 0. The highest BCUT2D eigenvalue weighted by atomic mass is 79.9. The fourth-order valence-corrected chi connectivity index (χ4v) is 5.02. The maximum Gasteiger partial charge on any atom is 0.0175 e. The molecule has 1 aliphatic rings. The lowest BCUT2D eigenvalue weighted by atomic mass is 10.2. The second-order valence-electron chi connectivity index (χ2n) is 4.76. The Bertz CT molecular complexity index is 626. The first-order valence-electron chi connectivity index (χ1n) is 6.82. The zero-order valence-corrected chi connectivity index (χ0v) is 13.6. The van der Waals surface area contributed by atoms with Gasteiger partial charge in [-0.2, -0.15) is 0 Å². The van der Waals surface area contributed by atoms with Crippen LogP contribution in [-0.4, -0.2) is 0 Å². The highest BCUT2D eigenvalue weighted by Crippen LogP contribution is 2.45. The first kappa shape index (κ1) is 13.8. The molecule has 0 nitrogen and oxygen atoms in total. The number of halogens is 1. The molecule has 0 bridgehead atoms. The quantitative estimate of drug-likeness (QED) is 0.679. The highest BCUT2D eigenvalue weighted by Gasteiger charge is 2.17. The molecule has 2 aromatic carbocycles. The number of rotatable bonds is 3. The van der Waals surface area contributed by atoms with Crippen molar-refractivity contribution in [3.63, 3.8) is 0 Å². The summed E-state index contributed by atoms with van der Waals surface area (Å²) in [6.07, 6.45) is 9.34. The molecule has 1 aliphatic carbocycles. The summed E-state index contributed by atoms with van der Waals surface area (Å²) in [5.74, 6) is 0. The summed E-state index contributed by atoms with van der Waals surface area (Å²) < 4.78 is 1.14. The van der Waals surface area contributed by atoms with Crippen molar-refractivity contribution in [2.24, 2.45) is 0 Å². The van der Waals surface area contributed by atoms with E-state index in [1.54, 1.807) is 0 Å². The van der Waals surface area contributed by atoms with Gasteiger partial charge in [0, 0.05) is 4.47 Å². The third-order valence-electron chi connectivity index (χ3n) is 3.33. The SMILES string of the molecule is Brc1ccc(P(C2=CCCC=C2)c2ccccc2)cc1. The summed E-state index contributed by atoms with van der Waals surface area (Å²) >= 11 is 3.53. The van der Waals surface area contributed by atoms with Gasteiger partial charge in [0.25, 0.3) is 0 Å². The Morgan fingerprint density at radius 3 is 2.15 bits per heavy atom. The topological polar surface area (TPSA) is 0 Å². The van der Waals surface area contributed by atoms with E-state index in [1.807, 2.05) is 0 Å². The second-order valence-corrected chi connectivity index (χ2v) is 7.89. The van der Waals surface area contributed by atoms with Crippen LogP contribution in [0.15, 0.2) is 82.6 Å². The summed E-state index contributed by atoms with van der Waals surface area (Å²) in [6.45, 7) is 0. The van der Waals surface area contributed by atoms with Gasteiger partial charge in [-0.1, -0.05) is 76.6 Å². The van der Waals surface area contributed by atoms with Crippen molar-refractivity contribution in [1.82, 2.24) is 0 Å². The molecular weight excluding hydrogens is 327 g/mol. The van der Waals surface area contributed by atoms with Gasteiger partial charge < -0.3 is 0 Å². The van der Waals surface area contributed by atoms with Crippen LogP contribution in [0.5, 0.6) is 0 Å². The summed E-state index contributed by atoms with van der Waals surface area (Å²) in [4.78, 5) is 0. The van der Waals surface area contributed by atoms with Crippen LogP contribution in [0.2, 0.25) is 0 Å². The van der Waals surface area contributed by atoms with E-state index in [2.05, 4.69) is 88.8 Å². The summed E-state index contributed by atoms with van der Waals surface area (Å²) in [5, 5.41) is 4.30. The lowest BCUT2D eigenvalue weighted by Gasteiger charge is -2.21. The lowest BCUT2D eigenvalue weighted by Crippen LogP contribution is -2.12. The van der Waals surface area contributed by atoms with Gasteiger partial charge in [0.1, 0.15) is 0 Å². The van der Waals surface area contributed by atoms with E-state index in [9.17, 15) is 0 Å². The molecule has 0 saturated carbocycles. The van der Waals surface area contributed by atoms with E-state index in [-0.39, 0.29) is 0 Å². The fourth-order valence-electron chi connectivity index (χ4n) is 2.38. The van der Waals surface area contributed by atoms with Gasteiger partial charge in [-0.05, 0) is 48.8 Å². The van der Waals surface area contributed by atoms with Crippen molar-refractivity contribution in [3.05, 3.63) is 82.6 Å². The maximum absolute atomic E-state index is 3.53. The minimum absolute atomic E-state index is 0.428. The monoisotopic (exact) mass is 342 g/mol. The molecule has 20 heavy (non-hydrogen) atoms. The van der Waals surface area contributed by atoms with Crippen LogP contribution in [0.1, 0.15) is 12.8 Å². The normalized spacial score (nSPS) is 15.8. The Kier molecular flexibility index (Phi) is 4.50. The van der Waals surface area contributed by atoms with Crippen LogP contribution in [0.25, 0.3) is 0 Å². The van der Waals surface area contributed by atoms with Gasteiger partial charge in [0.15, 0.2) is 0 Å². The first-order chi connectivity index (χ1) is 9.84. The molecule has 100 valence electrons. The molecule has 2 heteroatoms. The molecule has 0 amide bonds. The van der Waals surface area contributed by atoms with E-state index in [1.165, 1.54) is 22.3 Å². The minimum atomic E-state index is -0.428. The van der Waals surface area contributed by atoms with Gasteiger partial charge in [-0.25, -0.2) is 0 Å². The average molecular weight is 343 g/mol. The zero-order chi connectivity index (χ0) is 13.8. The third kappa shape index (κ3) is 3.11. The van der Waals surface area contributed by atoms with Crippen LogP contribution in [0.3, 0.4) is 0 Å². The Hall–Kier alpha value is -1.17. The molecule has 1 unspecified atom stereocenters. The van der Waals surface area contributed by atoms with Crippen LogP contribution in [-0.2, 0) is 0 Å². The Labute approximate surface area is 130 Å². The number of hydrogen-bond acceptors (Lipinski definition) is 0. The Balaban J connectivity index is 2.06. The molecule has 0 aromatic heterocycles. The number of allylic oxidation sites excluding steroid dienone is 4. The van der Waals surface area contributed by atoms with Gasteiger partial charge in [-0.3, -0.25) is 0 Å². The van der Waals surface area contributed by atoms with Crippen molar-refractivity contribution >= 4 is 34.5 Å². The molecule has 0 heterocycles. The Morgan fingerprint density at radius 1 is 0.800 bits per heavy atom. The standard InChI is InChI=1S/C18H16BrP/c19-15-11-13-18(14-12-15)20(16-7-3-1-4-8-16)17-9-5-2-6-10-17/h1,3-5,7-14H,2,6H2. The maximum atomic E-state index is 3.53. The predicted molar refractivity (Wildman–Crippen MR) is 93.2 cm³/mol. The van der Waals surface area contributed by atoms with E-state index in [4.69, 9.17) is 0 Å². The van der Waals surface area contributed by atoms with Crippen LogP contribution in [0, 0.1) is 0 Å². The van der Waals surface area contributed by atoms with Gasteiger partial charge in [0.05, 0.1) is 0 Å². The highest BCUT2D eigenvalue weighted by molar-refractivity contribution is 9.10. The Morgan fingerprint density at radius 2 is 1.50 bits per heavy atom. The molecule has 1 atom stereocenters. The molecule has 0 radical (unpaired) electrons. The van der Waals surface area contributed by atoms with Crippen molar-refractivity contribution in [2.75, 3.05) is 0 Å². The summed E-state index contributed by atoms with van der Waals surface area (Å²) in [6, 6.07) is 19.6. The minimum Gasteiger partial charge on any atom is -0.0836 e. The van der Waals surface area contributed by atoms with E-state index < -0.39 is 7.92 Å². The van der Waals surface area contributed by atoms with Crippen LogP contribution in [0.4, 0.5) is 0 Å². The van der Waals surface area contributed by atoms with Gasteiger partial charge in [-0.15, -0.1) is 0 Å². The fraction of sp³-hybridized carbons (Fsp3) is 0.111. The van der Waals surface area contributed by atoms with Crippen molar-refractivity contribution < 1.29 is 0 Å². The van der Waals surface area contributed by atoms with Gasteiger partial charge >= 0.3 is 0 Å². The molecule has 0 saturated heterocycles. The van der Waals surface area contributed by atoms with Crippen molar-refractivity contribution in [1.29, 1.82) is 0 Å². The van der Waals surface area contributed by atoms with E-state index in [0.717, 1.165) is 10.9 Å². The smallest absolute Gasteiger partial charge is 0.0175 e. The molecule has 0 fully saturated rings. The zero-order valence-electron chi connectivity index (χ0n) is 11.2. The van der Waals surface area contributed by atoms with Crippen LogP contribution < -0.4 is 10.6 Å². The van der Waals surface area contributed by atoms with Crippen molar-refractivity contribution in [3.8, 4) is 0 Å².